The predicted octanol–water partition coefficient (Wildman–Crippen LogP) is 4.55. The van der Waals surface area contributed by atoms with Crippen molar-refractivity contribution in [2.45, 2.75) is 6.42 Å². The molecule has 1 aliphatic carbocycles. The summed E-state index contributed by atoms with van der Waals surface area (Å²) in [6.45, 7) is 0. The van der Waals surface area contributed by atoms with Crippen LogP contribution in [0.1, 0.15) is 16.1 Å². The van der Waals surface area contributed by atoms with Crippen LogP contribution in [-0.2, 0) is 0 Å². The zero-order valence-corrected chi connectivity index (χ0v) is 16.4. The third kappa shape index (κ3) is 4.14. The number of fused-ring (bicyclic) bond motifs is 1. The number of rotatable bonds is 5. The van der Waals surface area contributed by atoms with Crippen LogP contribution in [0.5, 0.6) is 17.2 Å². The molecule has 0 unspecified atom stereocenters. The number of ether oxygens (including phenoxy) is 2. The number of aromatic hydroxyl groups is 1. The van der Waals surface area contributed by atoms with Crippen LogP contribution in [0.25, 0.3) is 10.9 Å². The highest BCUT2D eigenvalue weighted by atomic mass is 32.1. The summed E-state index contributed by atoms with van der Waals surface area (Å²) >= 11 is 1.39. The number of phenolic OH excluding ortho intramolecular Hbond substituents is 1. The first kappa shape index (κ1) is 18.8. The number of benzene rings is 1. The van der Waals surface area contributed by atoms with Gasteiger partial charge in [-0.1, -0.05) is 12.1 Å². The van der Waals surface area contributed by atoms with Crippen molar-refractivity contribution in [3.05, 3.63) is 82.5 Å². The number of phenols is 1. The lowest BCUT2D eigenvalue weighted by molar-refractivity contribution is 0.0971. The van der Waals surface area contributed by atoms with Gasteiger partial charge in [-0.2, -0.15) is 0 Å². The topological polar surface area (TPSA) is 80.7 Å². The minimum Gasteiger partial charge on any atom is -0.504 e. The van der Waals surface area contributed by atoms with Gasteiger partial charge in [0.2, 0.25) is 0 Å². The normalized spacial score (nSPS) is 13.4. The fraction of sp³-hybridized carbons (Fsp3) is 0.0909. The molecule has 0 saturated heterocycles. The summed E-state index contributed by atoms with van der Waals surface area (Å²) in [5, 5.41) is 15.4. The number of pyridine rings is 1. The van der Waals surface area contributed by atoms with E-state index in [1.54, 1.807) is 36.5 Å². The Morgan fingerprint density at radius 2 is 2.14 bits per heavy atom. The van der Waals surface area contributed by atoms with E-state index in [-0.39, 0.29) is 11.7 Å². The molecule has 29 heavy (non-hydrogen) atoms. The third-order valence-corrected chi connectivity index (χ3v) is 5.18. The van der Waals surface area contributed by atoms with Gasteiger partial charge in [0.05, 0.1) is 17.5 Å². The van der Waals surface area contributed by atoms with Gasteiger partial charge in [0.1, 0.15) is 11.5 Å². The Morgan fingerprint density at radius 1 is 1.24 bits per heavy atom. The van der Waals surface area contributed by atoms with Crippen LogP contribution in [0.4, 0.5) is 0 Å². The zero-order chi connectivity index (χ0) is 20.2. The number of hydrogen-bond acceptors (Lipinski definition) is 6. The van der Waals surface area contributed by atoms with Crippen LogP contribution in [0.2, 0.25) is 0 Å². The van der Waals surface area contributed by atoms with E-state index in [1.165, 1.54) is 18.4 Å². The maximum absolute atomic E-state index is 12.2. The fourth-order valence-corrected chi connectivity index (χ4v) is 3.52. The van der Waals surface area contributed by atoms with Crippen LogP contribution in [-0.4, -0.2) is 23.1 Å². The van der Waals surface area contributed by atoms with Crippen LogP contribution in [0.3, 0.4) is 0 Å². The molecule has 0 saturated carbocycles. The number of hydrogen-bond donors (Lipinski definition) is 2. The standard InChI is InChI=1S/C22H18N2O4S/c1-27-20-12-16-17(13-18(20)25)23-10-9-19(16)28-15-5-2-4-14(7-8-15)24-22(26)21-6-3-11-29-21/h2-4,6-13,25H,5H2,1H3,(H,24,26). The van der Waals surface area contributed by atoms with Crippen molar-refractivity contribution in [3.63, 3.8) is 0 Å². The summed E-state index contributed by atoms with van der Waals surface area (Å²) in [4.78, 5) is 17.2. The molecule has 2 N–H and O–H groups in total. The highest BCUT2D eigenvalue weighted by Gasteiger charge is 2.12. The highest BCUT2D eigenvalue weighted by Crippen LogP contribution is 2.35. The summed E-state index contributed by atoms with van der Waals surface area (Å²) in [6.07, 6.45) is 9.60. The van der Waals surface area contributed by atoms with E-state index in [2.05, 4.69) is 10.3 Å². The van der Waals surface area contributed by atoms with Gasteiger partial charge in [0.15, 0.2) is 11.5 Å². The molecule has 7 heteroatoms. The molecular weight excluding hydrogens is 388 g/mol. The summed E-state index contributed by atoms with van der Waals surface area (Å²) in [7, 11) is 1.49. The Balaban J connectivity index is 1.57. The first-order chi connectivity index (χ1) is 14.1. The first-order valence-electron chi connectivity index (χ1n) is 8.90. The lowest BCUT2D eigenvalue weighted by Gasteiger charge is -2.12. The molecule has 2 aromatic heterocycles. The van der Waals surface area contributed by atoms with E-state index in [0.717, 1.165) is 5.39 Å². The summed E-state index contributed by atoms with van der Waals surface area (Å²) in [5.41, 5.74) is 1.29. The largest absolute Gasteiger partial charge is 0.504 e. The van der Waals surface area contributed by atoms with Gasteiger partial charge >= 0.3 is 0 Å². The smallest absolute Gasteiger partial charge is 0.265 e. The second-order valence-corrected chi connectivity index (χ2v) is 7.19. The van der Waals surface area contributed by atoms with Crippen molar-refractivity contribution in [3.8, 4) is 17.2 Å². The fourth-order valence-electron chi connectivity index (χ4n) is 2.90. The molecule has 1 aliphatic rings. The SMILES string of the molecule is COc1cc2c(OC3=CC=C(NC(=O)c4cccs4)C=CC3)ccnc2cc1O. The Labute approximate surface area is 171 Å². The predicted molar refractivity (Wildman–Crippen MR) is 112 cm³/mol. The van der Waals surface area contributed by atoms with E-state index >= 15 is 0 Å². The molecule has 4 rings (SSSR count). The highest BCUT2D eigenvalue weighted by molar-refractivity contribution is 7.12. The van der Waals surface area contributed by atoms with Gasteiger partial charge in [-0.3, -0.25) is 9.78 Å². The van der Waals surface area contributed by atoms with E-state index in [1.807, 2.05) is 29.7 Å². The van der Waals surface area contributed by atoms with Crippen LogP contribution in [0.15, 0.2) is 77.7 Å². The minimum absolute atomic E-state index is 0.0234. The molecule has 0 radical (unpaired) electrons. The number of carbonyl (C=O) groups excluding carboxylic acids is 1. The van der Waals surface area contributed by atoms with E-state index in [4.69, 9.17) is 9.47 Å². The van der Waals surface area contributed by atoms with Gasteiger partial charge in [-0.25, -0.2) is 0 Å². The number of amides is 1. The lowest BCUT2D eigenvalue weighted by atomic mass is 10.2. The van der Waals surface area contributed by atoms with Crippen molar-refractivity contribution in [1.29, 1.82) is 0 Å². The Bertz CT molecular complexity index is 1150. The van der Waals surface area contributed by atoms with Crippen molar-refractivity contribution < 1.29 is 19.4 Å². The summed E-state index contributed by atoms with van der Waals surface area (Å²) < 4.78 is 11.3. The molecule has 1 aromatic carbocycles. The van der Waals surface area contributed by atoms with E-state index < -0.39 is 0 Å². The van der Waals surface area contributed by atoms with Crippen molar-refractivity contribution >= 4 is 28.1 Å². The Morgan fingerprint density at radius 3 is 2.93 bits per heavy atom. The number of nitrogens with one attached hydrogen (secondary N) is 1. The Kier molecular flexibility index (Phi) is 5.31. The number of methoxy groups -OCH3 is 1. The average molecular weight is 406 g/mol. The molecule has 0 aliphatic heterocycles. The number of nitrogens with zero attached hydrogens (tertiary/aromatic N) is 1. The summed E-state index contributed by atoms with van der Waals surface area (Å²) in [5.74, 6) is 1.55. The number of carbonyl (C=O) groups is 1. The molecule has 3 aromatic rings. The molecule has 6 nitrogen and oxygen atoms in total. The molecule has 0 atom stereocenters. The molecular formula is C22H18N2O4S. The monoisotopic (exact) mass is 406 g/mol. The quantitative estimate of drug-likeness (QED) is 0.650. The maximum atomic E-state index is 12.2. The van der Waals surface area contributed by atoms with Gasteiger partial charge in [0, 0.05) is 29.8 Å². The molecule has 2 heterocycles. The molecule has 0 fully saturated rings. The maximum Gasteiger partial charge on any atom is 0.265 e. The van der Waals surface area contributed by atoms with Gasteiger partial charge < -0.3 is 19.9 Å². The zero-order valence-electron chi connectivity index (χ0n) is 15.6. The molecule has 146 valence electrons. The van der Waals surface area contributed by atoms with Crippen molar-refractivity contribution in [2.24, 2.45) is 0 Å². The van der Waals surface area contributed by atoms with Gasteiger partial charge in [0.25, 0.3) is 5.91 Å². The Hall–Kier alpha value is -3.58. The van der Waals surface area contributed by atoms with Gasteiger partial charge in [-0.05, 0) is 41.8 Å². The van der Waals surface area contributed by atoms with E-state index in [0.29, 0.717) is 39.8 Å². The number of aromatic nitrogens is 1. The molecule has 1 amide bonds. The summed E-state index contributed by atoms with van der Waals surface area (Å²) in [6, 6.07) is 8.63. The van der Waals surface area contributed by atoms with Gasteiger partial charge in [-0.15, -0.1) is 11.3 Å². The van der Waals surface area contributed by atoms with E-state index in [9.17, 15) is 9.90 Å². The number of thiophene rings is 1. The second-order valence-electron chi connectivity index (χ2n) is 6.25. The minimum atomic E-state index is -0.138. The average Bonchev–Trinajstić information content (AvgIpc) is 3.18. The lowest BCUT2D eigenvalue weighted by Crippen LogP contribution is -2.20. The first-order valence-corrected chi connectivity index (χ1v) is 9.78. The molecule has 0 bridgehead atoms. The number of allylic oxidation sites excluding steroid dienone is 4. The van der Waals surface area contributed by atoms with Crippen molar-refractivity contribution in [2.75, 3.05) is 7.11 Å². The van der Waals surface area contributed by atoms with Crippen LogP contribution < -0.4 is 14.8 Å². The van der Waals surface area contributed by atoms with Crippen molar-refractivity contribution in [1.82, 2.24) is 10.3 Å². The van der Waals surface area contributed by atoms with Crippen LogP contribution >= 0.6 is 11.3 Å². The third-order valence-electron chi connectivity index (χ3n) is 4.31. The van der Waals surface area contributed by atoms with Crippen LogP contribution in [0, 0.1) is 0 Å². The molecule has 0 spiro atoms. The second kappa shape index (κ2) is 8.20.